The Bertz CT molecular complexity index is 628. The van der Waals surface area contributed by atoms with Crippen LogP contribution in [0.25, 0.3) is 0 Å². The van der Waals surface area contributed by atoms with E-state index in [0.29, 0.717) is 18.8 Å². The van der Waals surface area contributed by atoms with Crippen molar-refractivity contribution in [3.8, 4) is 0 Å². The number of hydrogen-bond donors (Lipinski definition) is 0. The number of allylic oxidation sites excluding steroid dienone is 2. The largest absolute Gasteiger partial charge is 0.379 e. The lowest BCUT2D eigenvalue weighted by atomic mass is 9.84. The molecule has 0 aromatic heterocycles. The fraction of sp³-hybridized carbons (Fsp3) is 0.524. The van der Waals surface area contributed by atoms with Crippen LogP contribution < -0.4 is 0 Å². The van der Waals surface area contributed by atoms with Crippen molar-refractivity contribution in [3.63, 3.8) is 0 Å². The van der Waals surface area contributed by atoms with Gasteiger partial charge in [0, 0.05) is 5.57 Å². The molecule has 0 N–H and O–H groups in total. The maximum atomic E-state index is 13.6. The molecule has 1 nitrogen and oxygen atoms in total. The average Bonchev–Trinajstić information content (AvgIpc) is 2.57. The van der Waals surface area contributed by atoms with E-state index in [-0.39, 0.29) is 5.57 Å². The fourth-order valence-corrected chi connectivity index (χ4v) is 3.51. The summed E-state index contributed by atoms with van der Waals surface area (Å²) in [6.45, 7) is 3.63. The van der Waals surface area contributed by atoms with Gasteiger partial charge in [0.2, 0.25) is 0 Å². The van der Waals surface area contributed by atoms with Crippen molar-refractivity contribution in [2.45, 2.75) is 70.5 Å². The van der Waals surface area contributed by atoms with Gasteiger partial charge in [-0.3, -0.25) is 0 Å². The second-order valence-electron chi connectivity index (χ2n) is 7.18. The van der Waals surface area contributed by atoms with Crippen molar-refractivity contribution >= 4 is 0 Å². The van der Waals surface area contributed by atoms with E-state index < -0.39 is 12.2 Å². The van der Waals surface area contributed by atoms with E-state index >= 15 is 0 Å². The maximum absolute atomic E-state index is 13.6. The van der Waals surface area contributed by atoms with E-state index in [4.69, 9.17) is 4.74 Å². The van der Waals surface area contributed by atoms with Gasteiger partial charge in [0.05, 0.1) is 6.10 Å². The second-order valence-corrected chi connectivity index (χ2v) is 7.18. The first-order chi connectivity index (χ1) is 11.4. The van der Waals surface area contributed by atoms with Crippen LogP contribution in [0.1, 0.15) is 63.0 Å². The Morgan fingerprint density at radius 3 is 2.46 bits per heavy atom. The van der Waals surface area contributed by atoms with Gasteiger partial charge in [-0.2, -0.15) is 8.78 Å². The first kappa shape index (κ1) is 17.3. The Balaban J connectivity index is 1.54. The van der Waals surface area contributed by atoms with E-state index in [2.05, 4.69) is 37.3 Å². The SMILES string of the molecule is CC1=CCC(c2ccc(CCC3CC=C(C)C(F)(F)O3)cc2)CC1. The first-order valence-corrected chi connectivity index (χ1v) is 8.91. The van der Waals surface area contributed by atoms with Gasteiger partial charge in [-0.05, 0) is 69.4 Å². The lowest BCUT2D eigenvalue weighted by molar-refractivity contribution is -0.242. The van der Waals surface area contributed by atoms with E-state index in [1.54, 1.807) is 6.08 Å². The van der Waals surface area contributed by atoms with Crippen LogP contribution in [0.3, 0.4) is 0 Å². The summed E-state index contributed by atoms with van der Waals surface area (Å²) in [5.74, 6) is 0.622. The molecule has 0 saturated carbocycles. The molecule has 24 heavy (non-hydrogen) atoms. The van der Waals surface area contributed by atoms with Gasteiger partial charge in [0.15, 0.2) is 0 Å². The molecule has 130 valence electrons. The zero-order valence-electron chi connectivity index (χ0n) is 14.5. The smallest absolute Gasteiger partial charge is 0.313 e. The van der Waals surface area contributed by atoms with Gasteiger partial charge in [-0.15, -0.1) is 0 Å². The summed E-state index contributed by atoms with van der Waals surface area (Å²) in [6, 6.07) is 8.69. The molecule has 1 aliphatic heterocycles. The summed E-state index contributed by atoms with van der Waals surface area (Å²) in [4.78, 5) is 0. The number of alkyl halides is 2. The van der Waals surface area contributed by atoms with E-state index in [1.165, 1.54) is 36.5 Å². The molecule has 0 bridgehead atoms. The average molecular weight is 332 g/mol. The van der Waals surface area contributed by atoms with E-state index in [1.807, 2.05) is 0 Å². The molecule has 2 aliphatic rings. The molecular weight excluding hydrogens is 306 g/mol. The van der Waals surface area contributed by atoms with Crippen LogP contribution in [0.15, 0.2) is 47.6 Å². The van der Waals surface area contributed by atoms with Crippen LogP contribution >= 0.6 is 0 Å². The number of ether oxygens (including phenoxy) is 1. The minimum atomic E-state index is -3.10. The predicted molar refractivity (Wildman–Crippen MR) is 93.3 cm³/mol. The first-order valence-electron chi connectivity index (χ1n) is 8.91. The number of aryl methyl sites for hydroxylation is 1. The van der Waals surface area contributed by atoms with Gasteiger partial charge in [-0.1, -0.05) is 42.0 Å². The zero-order valence-corrected chi connectivity index (χ0v) is 14.5. The molecule has 1 aliphatic carbocycles. The zero-order chi connectivity index (χ0) is 17.2. The molecular formula is C21H26F2O. The van der Waals surface area contributed by atoms with Gasteiger partial charge in [-0.25, -0.2) is 0 Å². The van der Waals surface area contributed by atoms with Crippen molar-refractivity contribution < 1.29 is 13.5 Å². The molecule has 3 heteroatoms. The van der Waals surface area contributed by atoms with Crippen molar-refractivity contribution in [2.75, 3.05) is 0 Å². The molecule has 2 atom stereocenters. The summed E-state index contributed by atoms with van der Waals surface area (Å²) < 4.78 is 32.1. The summed E-state index contributed by atoms with van der Waals surface area (Å²) in [6.07, 6.45) is 5.98. The highest BCUT2D eigenvalue weighted by Crippen LogP contribution is 2.34. The van der Waals surface area contributed by atoms with Crippen LogP contribution in [-0.2, 0) is 11.2 Å². The third-order valence-electron chi connectivity index (χ3n) is 5.30. The maximum Gasteiger partial charge on any atom is 0.379 e. The van der Waals surface area contributed by atoms with Gasteiger partial charge < -0.3 is 4.74 Å². The van der Waals surface area contributed by atoms with E-state index in [9.17, 15) is 8.78 Å². The third-order valence-corrected chi connectivity index (χ3v) is 5.30. The second kappa shape index (κ2) is 7.18. The van der Waals surface area contributed by atoms with Crippen LogP contribution in [-0.4, -0.2) is 12.2 Å². The predicted octanol–water partition coefficient (Wildman–Crippen LogP) is 6.16. The summed E-state index contributed by atoms with van der Waals surface area (Å²) >= 11 is 0. The summed E-state index contributed by atoms with van der Waals surface area (Å²) in [5, 5.41) is 0. The Morgan fingerprint density at radius 2 is 1.83 bits per heavy atom. The van der Waals surface area contributed by atoms with Crippen LogP contribution in [0.4, 0.5) is 8.78 Å². The molecule has 3 rings (SSSR count). The molecule has 1 aromatic rings. The molecule has 0 saturated heterocycles. The fourth-order valence-electron chi connectivity index (χ4n) is 3.51. The standard InChI is InChI=1S/C21H26F2O/c1-15-3-9-18(10-4-15)19-11-6-17(7-12-19)8-14-20-13-5-16(2)21(22,23)24-20/h3,5-7,11-12,18,20H,4,8-10,13-14H2,1-2H3. The van der Waals surface area contributed by atoms with Gasteiger partial charge >= 0.3 is 6.11 Å². The number of hydrogen-bond acceptors (Lipinski definition) is 1. The lowest BCUT2D eigenvalue weighted by Crippen LogP contribution is -2.33. The van der Waals surface area contributed by atoms with E-state index in [0.717, 1.165) is 12.8 Å². The monoisotopic (exact) mass is 332 g/mol. The molecule has 0 spiro atoms. The van der Waals surface area contributed by atoms with Crippen LogP contribution in [0.2, 0.25) is 0 Å². The topological polar surface area (TPSA) is 9.23 Å². The van der Waals surface area contributed by atoms with Crippen LogP contribution in [0.5, 0.6) is 0 Å². The van der Waals surface area contributed by atoms with Crippen molar-refractivity contribution in [3.05, 3.63) is 58.7 Å². The van der Waals surface area contributed by atoms with Crippen molar-refractivity contribution in [1.82, 2.24) is 0 Å². The Labute approximate surface area is 143 Å². The Morgan fingerprint density at radius 1 is 1.08 bits per heavy atom. The lowest BCUT2D eigenvalue weighted by Gasteiger charge is -2.28. The Kier molecular flexibility index (Phi) is 5.19. The van der Waals surface area contributed by atoms with Crippen molar-refractivity contribution in [2.24, 2.45) is 0 Å². The normalized spacial score (nSPS) is 26.7. The molecule has 0 fully saturated rings. The number of halogens is 2. The molecule has 1 heterocycles. The highest BCUT2D eigenvalue weighted by Gasteiger charge is 2.38. The third kappa shape index (κ3) is 4.13. The minimum Gasteiger partial charge on any atom is -0.313 e. The number of rotatable bonds is 4. The molecule has 0 amide bonds. The van der Waals surface area contributed by atoms with Gasteiger partial charge in [0.1, 0.15) is 0 Å². The molecule has 1 aromatic carbocycles. The molecule has 0 radical (unpaired) electrons. The highest BCUT2D eigenvalue weighted by molar-refractivity contribution is 5.27. The number of benzene rings is 1. The molecule has 2 unspecified atom stereocenters. The summed E-state index contributed by atoms with van der Waals surface area (Å²) in [5.41, 5.74) is 4.11. The minimum absolute atomic E-state index is 0.0277. The quantitative estimate of drug-likeness (QED) is 0.600. The van der Waals surface area contributed by atoms with Crippen molar-refractivity contribution in [1.29, 1.82) is 0 Å². The summed E-state index contributed by atoms with van der Waals surface area (Å²) in [7, 11) is 0. The Hall–Kier alpha value is -1.48. The van der Waals surface area contributed by atoms with Crippen LogP contribution in [0, 0.1) is 0 Å². The van der Waals surface area contributed by atoms with Gasteiger partial charge in [0.25, 0.3) is 0 Å². The highest BCUT2D eigenvalue weighted by atomic mass is 19.3.